The summed E-state index contributed by atoms with van der Waals surface area (Å²) >= 11 is 0. The van der Waals surface area contributed by atoms with E-state index in [-0.39, 0.29) is 0 Å². The molecule has 0 rings (SSSR count). The number of hydrogen-bond donors (Lipinski definition) is 0. The second kappa shape index (κ2) is 16.1. The van der Waals surface area contributed by atoms with Crippen LogP contribution in [0.4, 0.5) is 4.79 Å². The van der Waals surface area contributed by atoms with Gasteiger partial charge in [-0.25, -0.2) is 0 Å². The third-order valence-electron chi connectivity index (χ3n) is 4.31. The summed E-state index contributed by atoms with van der Waals surface area (Å²) in [7, 11) is 2.82. The van der Waals surface area contributed by atoms with Crippen molar-refractivity contribution < 1.29 is 14.4 Å². The molecule has 0 saturated heterocycles. The van der Waals surface area contributed by atoms with E-state index in [1.807, 2.05) is 0 Å². The van der Waals surface area contributed by atoms with Gasteiger partial charge in [-0.05, 0) is 25.7 Å². The highest BCUT2D eigenvalue weighted by Gasteiger charge is 2.24. The molecule has 0 aliphatic rings. The monoisotopic (exact) mass is 330 g/mol. The lowest BCUT2D eigenvalue weighted by atomic mass is 10.1. The molecule has 0 aliphatic heterocycles. The highest BCUT2D eigenvalue weighted by molar-refractivity contribution is 5.61. The van der Waals surface area contributed by atoms with E-state index in [4.69, 9.17) is 0 Å². The summed E-state index contributed by atoms with van der Waals surface area (Å²) in [5.74, 6) is 0. The van der Waals surface area contributed by atoms with Gasteiger partial charge in [0.1, 0.15) is 6.09 Å². The van der Waals surface area contributed by atoms with Gasteiger partial charge in [0.15, 0.2) is 0 Å². The minimum Gasteiger partial charge on any atom is -0.530 e. The number of unbranched alkanes of at least 4 members (excludes halogenated alkanes) is 4. The topological polar surface area (TPSA) is 43.4 Å². The molecular weight excluding hydrogens is 288 g/mol. The first-order valence-corrected chi connectivity index (χ1v) is 9.62. The Morgan fingerprint density at radius 3 is 1.09 bits per heavy atom. The molecule has 0 atom stereocenters. The standard InChI is InChI=1S/C16H36N.C3H7NO2/c1-5-9-13-17(14-10-6-2,15-11-7-3)16-12-8-4;1-4(2)3(5)6/h5-16H2,1-4H3;1-2H3,(H,5,6)/q+1;/p-1. The van der Waals surface area contributed by atoms with Crippen molar-refractivity contribution in [1.29, 1.82) is 0 Å². The molecule has 4 heteroatoms. The van der Waals surface area contributed by atoms with Crippen molar-refractivity contribution in [2.24, 2.45) is 0 Å². The molecule has 0 saturated carbocycles. The van der Waals surface area contributed by atoms with Crippen molar-refractivity contribution in [2.45, 2.75) is 79.1 Å². The average molecular weight is 331 g/mol. The highest BCUT2D eigenvalue weighted by atomic mass is 16.4. The Labute approximate surface area is 145 Å². The lowest BCUT2D eigenvalue weighted by Crippen LogP contribution is -2.50. The summed E-state index contributed by atoms with van der Waals surface area (Å²) in [4.78, 5) is 10.5. The predicted molar refractivity (Wildman–Crippen MR) is 98.4 cm³/mol. The van der Waals surface area contributed by atoms with E-state index in [9.17, 15) is 9.90 Å². The molecule has 1 amide bonds. The van der Waals surface area contributed by atoms with Crippen LogP contribution in [0.5, 0.6) is 0 Å². The van der Waals surface area contributed by atoms with Gasteiger partial charge in [-0.1, -0.05) is 53.4 Å². The molecule has 4 nitrogen and oxygen atoms in total. The summed E-state index contributed by atoms with van der Waals surface area (Å²) < 4.78 is 1.42. The molecule has 0 aliphatic carbocycles. The molecule has 0 aromatic rings. The first kappa shape index (κ1) is 24.5. The molecule has 0 N–H and O–H groups in total. The second-order valence-corrected chi connectivity index (χ2v) is 6.81. The quantitative estimate of drug-likeness (QED) is 0.509. The number of rotatable bonds is 12. The van der Waals surface area contributed by atoms with Crippen molar-refractivity contribution in [3.63, 3.8) is 0 Å². The summed E-state index contributed by atoms with van der Waals surface area (Å²) in [6.45, 7) is 15.0. The van der Waals surface area contributed by atoms with E-state index in [1.165, 1.54) is 96.1 Å². The number of carbonyl (C=O) groups excluding carboxylic acids is 1. The van der Waals surface area contributed by atoms with Crippen LogP contribution in [0.1, 0.15) is 79.1 Å². The highest BCUT2D eigenvalue weighted by Crippen LogP contribution is 2.16. The van der Waals surface area contributed by atoms with Crippen molar-refractivity contribution >= 4 is 6.09 Å². The largest absolute Gasteiger partial charge is 0.530 e. The van der Waals surface area contributed by atoms with E-state index in [0.717, 1.165) is 4.90 Å². The maximum atomic E-state index is 9.51. The Kier molecular flexibility index (Phi) is 17.1. The number of nitrogens with zero attached hydrogens (tertiary/aromatic N) is 2. The fourth-order valence-corrected chi connectivity index (χ4v) is 2.64. The number of hydrogen-bond acceptors (Lipinski definition) is 2. The molecule has 0 radical (unpaired) electrons. The molecule has 0 aromatic heterocycles. The Bertz CT molecular complexity index is 231. The van der Waals surface area contributed by atoms with Crippen LogP contribution in [0.2, 0.25) is 0 Å². The molecule has 0 bridgehead atoms. The molecule has 140 valence electrons. The van der Waals surface area contributed by atoms with Gasteiger partial charge in [0.2, 0.25) is 0 Å². The Morgan fingerprint density at radius 2 is 0.957 bits per heavy atom. The first-order chi connectivity index (χ1) is 10.9. The first-order valence-electron chi connectivity index (χ1n) is 9.62. The Morgan fingerprint density at radius 1 is 0.739 bits per heavy atom. The molecular formula is C19H42N2O2. The molecule has 0 heterocycles. The maximum Gasteiger partial charge on any atom is 0.136 e. The van der Waals surface area contributed by atoms with Gasteiger partial charge in [0.25, 0.3) is 0 Å². The fraction of sp³-hybridized carbons (Fsp3) is 0.947. The lowest BCUT2D eigenvalue weighted by Gasteiger charge is -2.39. The SMILES string of the molecule is CCCC[N+](CCCC)(CCCC)CCCC.CN(C)C(=O)[O-]. The summed E-state index contributed by atoms with van der Waals surface area (Å²) in [6, 6.07) is 0. The van der Waals surface area contributed by atoms with Gasteiger partial charge in [0, 0.05) is 14.1 Å². The van der Waals surface area contributed by atoms with Gasteiger partial charge >= 0.3 is 0 Å². The second-order valence-electron chi connectivity index (χ2n) is 6.81. The molecule has 0 spiro atoms. The molecule has 23 heavy (non-hydrogen) atoms. The normalized spacial score (nSPS) is 10.9. The lowest BCUT2D eigenvalue weighted by molar-refractivity contribution is -0.929. The third-order valence-corrected chi connectivity index (χ3v) is 4.31. The zero-order valence-corrected chi connectivity index (χ0v) is 16.7. The van der Waals surface area contributed by atoms with E-state index >= 15 is 0 Å². The zero-order chi connectivity index (χ0) is 18.1. The minimum atomic E-state index is -1.16. The smallest absolute Gasteiger partial charge is 0.136 e. The van der Waals surface area contributed by atoms with Crippen LogP contribution in [0, 0.1) is 0 Å². The predicted octanol–water partition coefficient (Wildman–Crippen LogP) is 3.89. The van der Waals surface area contributed by atoms with Crippen molar-refractivity contribution in [1.82, 2.24) is 4.90 Å². The number of carboxylic acid groups (broad SMARTS) is 1. The van der Waals surface area contributed by atoms with Crippen LogP contribution in [-0.4, -0.2) is 55.8 Å². The summed E-state index contributed by atoms with van der Waals surface area (Å²) in [5.41, 5.74) is 0. The van der Waals surface area contributed by atoms with Gasteiger partial charge in [-0.3, -0.25) is 0 Å². The van der Waals surface area contributed by atoms with Crippen molar-refractivity contribution in [3.05, 3.63) is 0 Å². The van der Waals surface area contributed by atoms with Crippen molar-refractivity contribution in [2.75, 3.05) is 40.3 Å². The Balaban J connectivity index is 0. The van der Waals surface area contributed by atoms with Crippen molar-refractivity contribution in [3.8, 4) is 0 Å². The zero-order valence-electron chi connectivity index (χ0n) is 16.7. The van der Waals surface area contributed by atoms with Gasteiger partial charge < -0.3 is 19.3 Å². The van der Waals surface area contributed by atoms with Crippen LogP contribution in [0.3, 0.4) is 0 Å². The van der Waals surface area contributed by atoms with Crippen LogP contribution < -0.4 is 5.11 Å². The molecule has 0 fully saturated rings. The maximum absolute atomic E-state index is 9.51. The third kappa shape index (κ3) is 14.5. The van der Waals surface area contributed by atoms with Gasteiger partial charge in [-0.15, -0.1) is 0 Å². The van der Waals surface area contributed by atoms with E-state index in [0.29, 0.717) is 0 Å². The summed E-state index contributed by atoms with van der Waals surface area (Å²) in [5, 5.41) is 9.51. The van der Waals surface area contributed by atoms with E-state index < -0.39 is 6.09 Å². The fourth-order valence-electron chi connectivity index (χ4n) is 2.64. The molecule has 0 aromatic carbocycles. The van der Waals surface area contributed by atoms with E-state index in [2.05, 4.69) is 27.7 Å². The molecule has 0 unspecified atom stereocenters. The average Bonchev–Trinajstić information content (AvgIpc) is 2.54. The van der Waals surface area contributed by atoms with Crippen LogP contribution in [0.25, 0.3) is 0 Å². The van der Waals surface area contributed by atoms with Crippen LogP contribution in [-0.2, 0) is 0 Å². The minimum absolute atomic E-state index is 0.972. The number of carbonyl (C=O) groups is 1. The van der Waals surface area contributed by atoms with Crippen LogP contribution in [0.15, 0.2) is 0 Å². The number of amides is 1. The summed E-state index contributed by atoms with van der Waals surface area (Å²) in [6.07, 6.45) is 9.90. The van der Waals surface area contributed by atoms with E-state index in [1.54, 1.807) is 0 Å². The van der Waals surface area contributed by atoms with Crippen LogP contribution >= 0.6 is 0 Å². The number of quaternary nitrogens is 1. The Hall–Kier alpha value is -0.770. The van der Waals surface area contributed by atoms with Gasteiger partial charge in [-0.2, -0.15) is 0 Å². The van der Waals surface area contributed by atoms with Gasteiger partial charge in [0.05, 0.1) is 26.2 Å².